The van der Waals surface area contributed by atoms with E-state index >= 15 is 0 Å². The standard InChI is InChI=1S/C26H36O5/c1-3-11-19(2)18-31-26(30)15-10-5-4-9-14-21-22(25(29)17-24(21)28)16-23(27)20-12-7-6-8-13-20/h3-4,6-9,11-13,21-25,27-29H,1,5,10,14-18H2,2H3/b9-4-,19-11+/t21?,22-,23?,24+,25-/m1/s1. The van der Waals surface area contributed by atoms with Crippen LogP contribution in [0.1, 0.15) is 57.1 Å². The van der Waals surface area contributed by atoms with Crippen molar-refractivity contribution in [1.82, 2.24) is 0 Å². The molecule has 170 valence electrons. The van der Waals surface area contributed by atoms with Crippen LogP contribution in [-0.4, -0.2) is 40.1 Å². The lowest BCUT2D eigenvalue weighted by Gasteiger charge is -2.25. The summed E-state index contributed by atoms with van der Waals surface area (Å²) in [6.07, 6.45) is 8.88. The van der Waals surface area contributed by atoms with E-state index in [4.69, 9.17) is 4.74 Å². The molecule has 0 aliphatic heterocycles. The summed E-state index contributed by atoms with van der Waals surface area (Å²) in [6, 6.07) is 9.42. The lowest BCUT2D eigenvalue weighted by molar-refractivity contribution is -0.142. The number of aliphatic hydroxyl groups is 3. The second kappa shape index (κ2) is 13.3. The molecule has 0 heterocycles. The smallest absolute Gasteiger partial charge is 0.306 e. The summed E-state index contributed by atoms with van der Waals surface area (Å²) in [4.78, 5) is 11.8. The molecule has 5 atom stereocenters. The Balaban J connectivity index is 1.74. The van der Waals surface area contributed by atoms with Crippen LogP contribution in [0.15, 0.2) is 66.8 Å². The molecule has 2 rings (SSSR count). The summed E-state index contributed by atoms with van der Waals surface area (Å²) in [7, 11) is 0. The largest absolute Gasteiger partial charge is 0.461 e. The van der Waals surface area contributed by atoms with E-state index in [1.807, 2.05) is 55.5 Å². The monoisotopic (exact) mass is 428 g/mol. The van der Waals surface area contributed by atoms with Gasteiger partial charge in [0, 0.05) is 6.42 Å². The van der Waals surface area contributed by atoms with E-state index in [1.54, 1.807) is 6.08 Å². The van der Waals surface area contributed by atoms with Crippen molar-refractivity contribution in [1.29, 1.82) is 0 Å². The van der Waals surface area contributed by atoms with Gasteiger partial charge < -0.3 is 20.1 Å². The molecule has 0 spiro atoms. The molecule has 1 fully saturated rings. The first-order valence-corrected chi connectivity index (χ1v) is 11.1. The number of hydrogen-bond acceptors (Lipinski definition) is 5. The second-order valence-electron chi connectivity index (χ2n) is 8.37. The molecule has 0 bridgehead atoms. The molecule has 0 radical (unpaired) electrons. The summed E-state index contributed by atoms with van der Waals surface area (Å²) in [5.74, 6) is -0.458. The van der Waals surface area contributed by atoms with Crippen molar-refractivity contribution < 1.29 is 24.9 Å². The Morgan fingerprint density at radius 3 is 2.61 bits per heavy atom. The Morgan fingerprint density at radius 2 is 1.90 bits per heavy atom. The Labute approximate surface area is 185 Å². The molecule has 0 aromatic heterocycles. The molecule has 1 aromatic carbocycles. The quantitative estimate of drug-likeness (QED) is 0.200. The molecule has 2 unspecified atom stereocenters. The molecule has 0 amide bonds. The topological polar surface area (TPSA) is 87.0 Å². The number of carbonyl (C=O) groups is 1. The first kappa shape index (κ1) is 25.1. The minimum absolute atomic E-state index is 0.0887. The van der Waals surface area contributed by atoms with E-state index < -0.39 is 18.3 Å². The highest BCUT2D eigenvalue weighted by molar-refractivity contribution is 5.69. The third kappa shape index (κ3) is 8.44. The van der Waals surface area contributed by atoms with Crippen molar-refractivity contribution >= 4 is 5.97 Å². The van der Waals surface area contributed by atoms with Gasteiger partial charge in [-0.2, -0.15) is 0 Å². The highest BCUT2D eigenvalue weighted by atomic mass is 16.5. The first-order valence-electron chi connectivity index (χ1n) is 11.1. The van der Waals surface area contributed by atoms with Gasteiger partial charge in [-0.25, -0.2) is 0 Å². The number of aliphatic hydroxyl groups excluding tert-OH is 3. The molecule has 1 aromatic rings. The van der Waals surface area contributed by atoms with Crippen LogP contribution in [0.2, 0.25) is 0 Å². The van der Waals surface area contributed by atoms with Gasteiger partial charge in [-0.05, 0) is 62.0 Å². The number of hydrogen-bond donors (Lipinski definition) is 3. The number of ether oxygens (including phenoxy) is 1. The summed E-state index contributed by atoms with van der Waals surface area (Å²) in [5, 5.41) is 31.3. The van der Waals surface area contributed by atoms with Gasteiger partial charge >= 0.3 is 5.97 Å². The van der Waals surface area contributed by atoms with Gasteiger partial charge in [-0.15, -0.1) is 0 Å². The average molecular weight is 429 g/mol. The zero-order valence-electron chi connectivity index (χ0n) is 18.4. The van der Waals surface area contributed by atoms with Gasteiger partial charge in [0.25, 0.3) is 0 Å². The summed E-state index contributed by atoms with van der Waals surface area (Å²) in [6.45, 7) is 5.79. The van der Waals surface area contributed by atoms with Crippen LogP contribution in [0.4, 0.5) is 0 Å². The minimum atomic E-state index is -0.659. The third-order valence-corrected chi connectivity index (χ3v) is 5.89. The normalized spacial score (nSPS) is 25.0. The fourth-order valence-corrected chi connectivity index (χ4v) is 4.15. The Bertz CT molecular complexity index is 739. The lowest BCUT2D eigenvalue weighted by Crippen LogP contribution is -2.24. The van der Waals surface area contributed by atoms with Crippen molar-refractivity contribution in [2.75, 3.05) is 6.61 Å². The van der Waals surface area contributed by atoms with E-state index in [2.05, 4.69) is 6.58 Å². The van der Waals surface area contributed by atoms with Crippen LogP contribution < -0.4 is 0 Å². The number of allylic oxidation sites excluding steroid dienone is 4. The Kier molecular flexibility index (Phi) is 10.7. The number of carbonyl (C=O) groups excluding carboxylic acids is 1. The number of rotatable bonds is 12. The van der Waals surface area contributed by atoms with Crippen LogP contribution in [-0.2, 0) is 9.53 Å². The van der Waals surface area contributed by atoms with Crippen molar-refractivity contribution in [3.63, 3.8) is 0 Å². The van der Waals surface area contributed by atoms with Gasteiger partial charge in [0.15, 0.2) is 0 Å². The fourth-order valence-electron chi connectivity index (χ4n) is 4.15. The second-order valence-corrected chi connectivity index (χ2v) is 8.37. The summed E-state index contributed by atoms with van der Waals surface area (Å²) >= 11 is 0. The Morgan fingerprint density at radius 1 is 1.19 bits per heavy atom. The molecular weight excluding hydrogens is 392 g/mol. The summed E-state index contributed by atoms with van der Waals surface area (Å²) in [5.41, 5.74) is 1.78. The maximum atomic E-state index is 11.8. The van der Waals surface area contributed by atoms with Crippen LogP contribution >= 0.6 is 0 Å². The van der Waals surface area contributed by atoms with Gasteiger partial charge in [-0.1, -0.05) is 61.2 Å². The molecule has 5 nitrogen and oxygen atoms in total. The zero-order valence-corrected chi connectivity index (χ0v) is 18.4. The maximum absolute atomic E-state index is 11.8. The molecule has 3 N–H and O–H groups in total. The van der Waals surface area contributed by atoms with Gasteiger partial charge in [0.2, 0.25) is 0 Å². The molecule has 5 heteroatoms. The third-order valence-electron chi connectivity index (χ3n) is 5.89. The van der Waals surface area contributed by atoms with E-state index in [-0.39, 0.29) is 17.8 Å². The van der Waals surface area contributed by atoms with Crippen LogP contribution in [0.5, 0.6) is 0 Å². The summed E-state index contributed by atoms with van der Waals surface area (Å²) < 4.78 is 5.19. The van der Waals surface area contributed by atoms with Crippen molar-refractivity contribution in [2.24, 2.45) is 11.8 Å². The molecular formula is C26H36O5. The zero-order chi connectivity index (χ0) is 22.6. The van der Waals surface area contributed by atoms with Gasteiger partial charge in [0.1, 0.15) is 6.61 Å². The van der Waals surface area contributed by atoms with Crippen molar-refractivity contribution in [3.05, 3.63) is 72.4 Å². The maximum Gasteiger partial charge on any atom is 0.306 e. The van der Waals surface area contributed by atoms with Gasteiger partial charge in [-0.3, -0.25) is 4.79 Å². The molecule has 0 saturated heterocycles. The number of unbranched alkanes of at least 4 members (excludes halogenated alkanes) is 1. The van der Waals surface area contributed by atoms with Crippen LogP contribution in [0.25, 0.3) is 0 Å². The van der Waals surface area contributed by atoms with Gasteiger partial charge in [0.05, 0.1) is 18.3 Å². The average Bonchev–Trinajstić information content (AvgIpc) is 3.02. The molecule has 1 aliphatic carbocycles. The van der Waals surface area contributed by atoms with Crippen molar-refractivity contribution in [2.45, 2.75) is 63.8 Å². The van der Waals surface area contributed by atoms with E-state index in [0.717, 1.165) is 17.6 Å². The van der Waals surface area contributed by atoms with E-state index in [0.29, 0.717) is 38.7 Å². The SMILES string of the molecule is C=C/C=C(\C)COC(=O)CCC/C=C\CC1[C@@H](CC(O)c2ccccc2)[C@H](O)C[C@@H]1O. The molecule has 1 saturated carbocycles. The van der Waals surface area contributed by atoms with Crippen LogP contribution in [0.3, 0.4) is 0 Å². The molecule has 1 aliphatic rings. The minimum Gasteiger partial charge on any atom is -0.461 e. The fraction of sp³-hybridized carbons (Fsp3) is 0.500. The number of esters is 1. The first-order chi connectivity index (χ1) is 14.9. The highest BCUT2D eigenvalue weighted by Crippen LogP contribution is 2.40. The van der Waals surface area contributed by atoms with Crippen LogP contribution in [0, 0.1) is 11.8 Å². The number of benzene rings is 1. The highest BCUT2D eigenvalue weighted by Gasteiger charge is 2.41. The Hall–Kier alpha value is -2.21. The predicted molar refractivity (Wildman–Crippen MR) is 122 cm³/mol. The van der Waals surface area contributed by atoms with Crippen molar-refractivity contribution in [3.8, 4) is 0 Å². The van der Waals surface area contributed by atoms with E-state index in [9.17, 15) is 20.1 Å². The lowest BCUT2D eigenvalue weighted by atomic mass is 9.84. The molecule has 31 heavy (non-hydrogen) atoms. The predicted octanol–water partition coefficient (Wildman–Crippen LogP) is 4.26. The van der Waals surface area contributed by atoms with E-state index in [1.165, 1.54) is 0 Å².